The average Bonchev–Trinajstić information content (AvgIpc) is 2.93. The lowest BCUT2D eigenvalue weighted by molar-refractivity contribution is 0.403. The zero-order valence-electron chi connectivity index (χ0n) is 11.2. The molecule has 1 heterocycles. The first-order chi connectivity index (χ1) is 9.86. The first-order valence-electron chi connectivity index (χ1n) is 6.03. The molecule has 0 saturated heterocycles. The van der Waals surface area contributed by atoms with E-state index in [2.05, 4.69) is 15.9 Å². The summed E-state index contributed by atoms with van der Waals surface area (Å²) in [6.07, 6.45) is 1.45. The van der Waals surface area contributed by atoms with Gasteiger partial charge in [0.05, 0.1) is 12.8 Å². The van der Waals surface area contributed by atoms with Crippen molar-refractivity contribution in [3.05, 3.63) is 52.1 Å². The number of benzene rings is 1. The van der Waals surface area contributed by atoms with E-state index in [1.807, 2.05) is 0 Å². The topological polar surface area (TPSA) is 76.5 Å². The van der Waals surface area contributed by atoms with Gasteiger partial charge in [-0.25, -0.2) is 12.8 Å². The van der Waals surface area contributed by atoms with Crippen LogP contribution in [0.1, 0.15) is 11.3 Å². The Labute approximate surface area is 130 Å². The van der Waals surface area contributed by atoms with Crippen LogP contribution in [-0.2, 0) is 23.1 Å². The summed E-state index contributed by atoms with van der Waals surface area (Å²) in [5, 5.41) is 0. The van der Waals surface area contributed by atoms with Crippen molar-refractivity contribution in [3.63, 3.8) is 0 Å². The molecule has 21 heavy (non-hydrogen) atoms. The van der Waals surface area contributed by atoms with Crippen LogP contribution in [0.15, 0.2) is 44.3 Å². The van der Waals surface area contributed by atoms with Crippen molar-refractivity contribution in [2.24, 2.45) is 5.73 Å². The van der Waals surface area contributed by atoms with Crippen molar-refractivity contribution in [1.29, 1.82) is 0 Å². The van der Waals surface area contributed by atoms with E-state index < -0.39 is 20.7 Å². The third-order valence-corrected chi connectivity index (χ3v) is 5.21. The third kappa shape index (κ3) is 3.34. The number of hydrogen-bond donors (Lipinski definition) is 1. The molecule has 5 nitrogen and oxygen atoms in total. The molecule has 0 amide bonds. The van der Waals surface area contributed by atoms with Gasteiger partial charge in [-0.05, 0) is 24.3 Å². The molecule has 2 aromatic rings. The van der Waals surface area contributed by atoms with Gasteiger partial charge in [0.1, 0.15) is 16.5 Å². The van der Waals surface area contributed by atoms with Gasteiger partial charge in [-0.15, -0.1) is 0 Å². The van der Waals surface area contributed by atoms with Crippen LogP contribution in [0.4, 0.5) is 4.39 Å². The fourth-order valence-corrected chi connectivity index (χ4v) is 3.75. The lowest BCUT2D eigenvalue weighted by Gasteiger charge is -2.17. The predicted octanol–water partition coefficient (Wildman–Crippen LogP) is 2.46. The summed E-state index contributed by atoms with van der Waals surface area (Å²) < 4.78 is 45.8. The van der Waals surface area contributed by atoms with Crippen LogP contribution >= 0.6 is 15.9 Å². The summed E-state index contributed by atoms with van der Waals surface area (Å²) in [5.74, 6) is -0.359. The minimum atomic E-state index is -3.99. The Kier molecular flexibility index (Phi) is 4.82. The number of hydrogen-bond acceptors (Lipinski definition) is 4. The van der Waals surface area contributed by atoms with Crippen molar-refractivity contribution < 1.29 is 17.2 Å². The van der Waals surface area contributed by atoms with Gasteiger partial charge in [0.15, 0.2) is 0 Å². The zero-order chi connectivity index (χ0) is 15.6. The molecule has 0 bridgehead atoms. The van der Waals surface area contributed by atoms with Gasteiger partial charge in [0.2, 0.25) is 10.0 Å². The second-order valence-corrected chi connectivity index (χ2v) is 7.35. The number of halogens is 2. The fraction of sp³-hybridized carbons (Fsp3) is 0.231. The zero-order valence-corrected chi connectivity index (χ0v) is 13.6. The highest BCUT2D eigenvalue weighted by Crippen LogP contribution is 2.26. The lowest BCUT2D eigenvalue weighted by atomic mass is 10.2. The average molecular weight is 377 g/mol. The van der Waals surface area contributed by atoms with Crippen molar-refractivity contribution in [1.82, 2.24) is 4.31 Å². The van der Waals surface area contributed by atoms with Crippen LogP contribution in [0.25, 0.3) is 0 Å². The Bertz CT molecular complexity index is 732. The summed E-state index contributed by atoms with van der Waals surface area (Å²) in [7, 11) is -2.63. The lowest BCUT2D eigenvalue weighted by Crippen LogP contribution is -2.27. The van der Waals surface area contributed by atoms with Gasteiger partial charge in [0.25, 0.3) is 0 Å². The molecule has 0 aliphatic heterocycles. The molecule has 2 N–H and O–H groups in total. The number of nitrogens with two attached hydrogens (primary N) is 1. The molecule has 0 fully saturated rings. The Balaban J connectivity index is 2.41. The Morgan fingerprint density at radius 1 is 1.43 bits per heavy atom. The smallest absolute Gasteiger partial charge is 0.246 e. The van der Waals surface area contributed by atoms with Gasteiger partial charge in [-0.3, -0.25) is 0 Å². The van der Waals surface area contributed by atoms with E-state index in [0.29, 0.717) is 10.2 Å². The highest BCUT2D eigenvalue weighted by atomic mass is 79.9. The highest BCUT2D eigenvalue weighted by Gasteiger charge is 2.27. The van der Waals surface area contributed by atoms with Crippen molar-refractivity contribution >= 4 is 26.0 Å². The first kappa shape index (κ1) is 16.2. The van der Waals surface area contributed by atoms with Gasteiger partial charge >= 0.3 is 0 Å². The van der Waals surface area contributed by atoms with Crippen molar-refractivity contribution in [2.45, 2.75) is 18.0 Å². The first-order valence-corrected chi connectivity index (χ1v) is 8.26. The monoisotopic (exact) mass is 376 g/mol. The van der Waals surface area contributed by atoms with Crippen molar-refractivity contribution in [3.8, 4) is 0 Å². The maximum Gasteiger partial charge on any atom is 0.246 e. The number of rotatable bonds is 5. The maximum atomic E-state index is 14.3. The van der Waals surface area contributed by atoms with Gasteiger partial charge in [-0.1, -0.05) is 15.9 Å². The standard InChI is InChI=1S/C13H14BrFN2O3S/c1-17(8-11-3-2-4-20-11)21(18,19)12-6-10(14)5-9(7-16)13(12)15/h2-6H,7-8,16H2,1H3. The minimum Gasteiger partial charge on any atom is -0.468 e. The molecule has 1 aromatic carbocycles. The van der Waals surface area contributed by atoms with E-state index in [1.54, 1.807) is 12.1 Å². The van der Waals surface area contributed by atoms with E-state index in [-0.39, 0.29) is 18.7 Å². The summed E-state index contributed by atoms with van der Waals surface area (Å²) >= 11 is 3.17. The Morgan fingerprint density at radius 2 is 2.14 bits per heavy atom. The number of furan rings is 1. The van der Waals surface area contributed by atoms with Crippen LogP contribution < -0.4 is 5.73 Å². The molecule has 0 unspecified atom stereocenters. The van der Waals surface area contributed by atoms with Crippen LogP contribution in [0, 0.1) is 5.82 Å². The molecule has 1 aromatic heterocycles. The maximum absolute atomic E-state index is 14.3. The highest BCUT2D eigenvalue weighted by molar-refractivity contribution is 9.10. The van der Waals surface area contributed by atoms with Gasteiger partial charge in [-0.2, -0.15) is 4.31 Å². The van der Waals surface area contributed by atoms with Crippen LogP contribution in [-0.4, -0.2) is 19.8 Å². The molecule has 0 spiro atoms. The molecular formula is C13H14BrFN2O3S. The van der Waals surface area contributed by atoms with Crippen LogP contribution in [0.2, 0.25) is 0 Å². The van der Waals surface area contributed by atoms with Gasteiger partial charge < -0.3 is 10.2 Å². The summed E-state index contributed by atoms with van der Waals surface area (Å²) in [6, 6.07) is 5.99. The van der Waals surface area contributed by atoms with Crippen molar-refractivity contribution in [2.75, 3.05) is 7.05 Å². The van der Waals surface area contributed by atoms with E-state index >= 15 is 0 Å². The van der Waals surface area contributed by atoms with E-state index in [9.17, 15) is 12.8 Å². The van der Waals surface area contributed by atoms with E-state index in [4.69, 9.17) is 10.2 Å². The van der Waals surface area contributed by atoms with Crippen LogP contribution in [0.3, 0.4) is 0 Å². The third-order valence-electron chi connectivity index (χ3n) is 2.95. The molecule has 0 aliphatic carbocycles. The summed E-state index contributed by atoms with van der Waals surface area (Å²) in [5.41, 5.74) is 5.57. The quantitative estimate of drug-likeness (QED) is 0.869. The van der Waals surface area contributed by atoms with Gasteiger partial charge in [0, 0.05) is 23.6 Å². The van der Waals surface area contributed by atoms with E-state index in [1.165, 1.54) is 25.4 Å². The van der Waals surface area contributed by atoms with Crippen LogP contribution in [0.5, 0.6) is 0 Å². The molecule has 2 rings (SSSR count). The summed E-state index contributed by atoms with van der Waals surface area (Å²) in [4.78, 5) is -0.411. The summed E-state index contributed by atoms with van der Waals surface area (Å²) in [6.45, 7) is -0.0745. The molecule has 114 valence electrons. The Hall–Kier alpha value is -1.22. The Morgan fingerprint density at radius 3 is 2.71 bits per heavy atom. The molecule has 8 heteroatoms. The SMILES string of the molecule is CN(Cc1ccco1)S(=O)(=O)c1cc(Br)cc(CN)c1F. The predicted molar refractivity (Wildman–Crippen MR) is 79.4 cm³/mol. The molecule has 0 saturated carbocycles. The fourth-order valence-electron chi connectivity index (χ4n) is 1.83. The minimum absolute atomic E-state index is 0.0131. The molecule has 0 radical (unpaired) electrons. The molecule has 0 aliphatic rings. The molecule has 0 atom stereocenters. The second kappa shape index (κ2) is 6.27. The largest absolute Gasteiger partial charge is 0.468 e. The molecular weight excluding hydrogens is 363 g/mol. The normalized spacial score (nSPS) is 12.0. The number of nitrogens with zero attached hydrogens (tertiary/aromatic N) is 1. The van der Waals surface area contributed by atoms with E-state index in [0.717, 1.165) is 4.31 Å². The number of sulfonamides is 1. The second-order valence-electron chi connectivity index (χ2n) is 4.42.